The van der Waals surface area contributed by atoms with Crippen LogP contribution in [-0.4, -0.2) is 37.5 Å². The molecule has 2 aromatic carbocycles. The van der Waals surface area contributed by atoms with Gasteiger partial charge in [0.2, 0.25) is 0 Å². The Morgan fingerprint density at radius 2 is 2.12 bits per heavy atom. The first-order chi connectivity index (χ1) is 16.5. The van der Waals surface area contributed by atoms with Crippen LogP contribution in [0.3, 0.4) is 0 Å². The summed E-state index contributed by atoms with van der Waals surface area (Å²) in [6.45, 7) is 9.56. The Morgan fingerprint density at radius 1 is 1.29 bits per heavy atom. The van der Waals surface area contributed by atoms with Gasteiger partial charge in [-0.2, -0.15) is 0 Å². The number of carboxylic acids is 1. The second-order valence-corrected chi connectivity index (χ2v) is 9.12. The van der Waals surface area contributed by atoms with Crippen LogP contribution in [0.15, 0.2) is 64.9 Å². The number of aliphatic carboxylic acids is 1. The molecule has 34 heavy (non-hydrogen) atoms. The third kappa shape index (κ3) is 5.75. The van der Waals surface area contributed by atoms with E-state index in [1.807, 2.05) is 0 Å². The van der Waals surface area contributed by atoms with E-state index in [4.69, 9.17) is 4.74 Å². The van der Waals surface area contributed by atoms with Crippen molar-refractivity contribution in [2.45, 2.75) is 39.2 Å². The molecule has 0 radical (unpaired) electrons. The largest absolute Gasteiger partial charge is 0.493 e. The Kier molecular flexibility index (Phi) is 7.48. The van der Waals surface area contributed by atoms with E-state index in [0.29, 0.717) is 12.2 Å². The van der Waals surface area contributed by atoms with Gasteiger partial charge in [-0.05, 0) is 98.3 Å². The van der Waals surface area contributed by atoms with Gasteiger partial charge >= 0.3 is 5.97 Å². The van der Waals surface area contributed by atoms with E-state index in [1.54, 1.807) is 6.92 Å². The molecule has 0 spiro atoms. The van der Waals surface area contributed by atoms with Crippen molar-refractivity contribution in [1.82, 2.24) is 10.6 Å². The zero-order valence-corrected chi connectivity index (χ0v) is 19.9. The summed E-state index contributed by atoms with van der Waals surface area (Å²) in [6.07, 6.45) is 6.38. The molecule has 6 nitrogen and oxygen atoms in total. The minimum Gasteiger partial charge on any atom is -0.493 e. The molecule has 1 atom stereocenters. The Balaban J connectivity index is 1.48. The molecule has 178 valence electrons. The molecule has 2 aromatic rings. The van der Waals surface area contributed by atoms with Gasteiger partial charge in [-0.15, -0.1) is 0 Å². The van der Waals surface area contributed by atoms with Gasteiger partial charge in [0.05, 0.1) is 12.2 Å². The predicted octanol–water partition coefficient (Wildman–Crippen LogP) is 4.80. The SMILES string of the molecule is C=N/C=C\C(C(=O)O)=C(/C)NC[C@@H]1NCCc2cc(-c3ccc(OCC4CC4)cc3C)ccc21. The maximum absolute atomic E-state index is 11.6. The lowest BCUT2D eigenvalue weighted by atomic mass is 9.89. The average Bonchev–Trinajstić information content (AvgIpc) is 3.66. The van der Waals surface area contributed by atoms with Crippen LogP contribution in [-0.2, 0) is 11.2 Å². The summed E-state index contributed by atoms with van der Waals surface area (Å²) >= 11 is 0. The van der Waals surface area contributed by atoms with Crippen LogP contribution in [0.25, 0.3) is 11.1 Å². The molecular formula is C28H33N3O3. The Morgan fingerprint density at radius 3 is 2.82 bits per heavy atom. The molecule has 3 N–H and O–H groups in total. The standard InChI is InChI=1S/C28H33N3O3/c1-18-14-23(34-17-20-4-5-20)7-9-24(18)21-6-8-26-22(15-21)10-13-30-27(26)16-31-19(2)25(28(32)33)11-12-29-3/h6-9,11-12,14-15,20,27,30-31H,3-5,10,13,16-17H2,1-2H3,(H,32,33)/b12-11-,25-19-/t27-/m0/s1. The fourth-order valence-electron chi connectivity index (χ4n) is 4.39. The summed E-state index contributed by atoms with van der Waals surface area (Å²) in [5.41, 5.74) is 7.00. The number of carbonyl (C=O) groups is 1. The second kappa shape index (κ2) is 10.7. The number of aryl methyl sites for hydroxylation is 1. The molecule has 0 aromatic heterocycles. The second-order valence-electron chi connectivity index (χ2n) is 9.12. The molecule has 4 rings (SSSR count). The van der Waals surface area contributed by atoms with Gasteiger partial charge < -0.3 is 20.5 Å². The number of carboxylic acid groups (broad SMARTS) is 1. The molecule has 6 heteroatoms. The third-order valence-electron chi connectivity index (χ3n) is 6.55. The summed E-state index contributed by atoms with van der Waals surface area (Å²) in [5, 5.41) is 16.3. The van der Waals surface area contributed by atoms with Crippen molar-refractivity contribution in [3.8, 4) is 16.9 Å². The van der Waals surface area contributed by atoms with E-state index in [9.17, 15) is 9.90 Å². The Bertz CT molecular complexity index is 1130. The summed E-state index contributed by atoms with van der Waals surface area (Å²) < 4.78 is 5.94. The smallest absolute Gasteiger partial charge is 0.337 e. The number of allylic oxidation sites excluding steroid dienone is 1. The van der Waals surface area contributed by atoms with Crippen LogP contribution in [0.5, 0.6) is 5.75 Å². The van der Waals surface area contributed by atoms with Crippen LogP contribution in [0, 0.1) is 12.8 Å². The molecule has 0 unspecified atom stereocenters. The minimum absolute atomic E-state index is 0.101. The third-order valence-corrected chi connectivity index (χ3v) is 6.55. The molecule has 1 saturated carbocycles. The number of nitrogens with zero attached hydrogens (tertiary/aromatic N) is 1. The van der Waals surface area contributed by atoms with Crippen LogP contribution in [0.4, 0.5) is 0 Å². The van der Waals surface area contributed by atoms with Crippen LogP contribution in [0.2, 0.25) is 0 Å². The van der Waals surface area contributed by atoms with E-state index < -0.39 is 5.97 Å². The van der Waals surface area contributed by atoms with E-state index >= 15 is 0 Å². The number of benzene rings is 2. The molecule has 0 saturated heterocycles. The lowest BCUT2D eigenvalue weighted by Crippen LogP contribution is -2.36. The number of hydrogen-bond donors (Lipinski definition) is 3. The number of aliphatic imine (C=N–C) groups is 1. The van der Waals surface area contributed by atoms with Crippen molar-refractivity contribution >= 4 is 12.7 Å². The predicted molar refractivity (Wildman–Crippen MR) is 136 cm³/mol. The Labute approximate surface area is 201 Å². The van der Waals surface area contributed by atoms with Crippen molar-refractivity contribution in [1.29, 1.82) is 0 Å². The van der Waals surface area contributed by atoms with Crippen molar-refractivity contribution in [3.63, 3.8) is 0 Å². The molecule has 1 aliphatic heterocycles. The number of fused-ring (bicyclic) bond motifs is 1. The highest BCUT2D eigenvalue weighted by Crippen LogP contribution is 2.33. The van der Waals surface area contributed by atoms with Gasteiger partial charge in [0.25, 0.3) is 0 Å². The lowest BCUT2D eigenvalue weighted by Gasteiger charge is -2.28. The Hall–Kier alpha value is -3.38. The van der Waals surface area contributed by atoms with E-state index in [-0.39, 0.29) is 11.6 Å². The normalized spacial score (nSPS) is 18.2. The van der Waals surface area contributed by atoms with Crippen LogP contribution < -0.4 is 15.4 Å². The molecule has 1 fully saturated rings. The monoisotopic (exact) mass is 459 g/mol. The van der Waals surface area contributed by atoms with Crippen molar-refractivity contribution in [2.75, 3.05) is 19.7 Å². The fourth-order valence-corrected chi connectivity index (χ4v) is 4.39. The van der Waals surface area contributed by atoms with Gasteiger partial charge in [-0.1, -0.05) is 24.3 Å². The van der Waals surface area contributed by atoms with Crippen LogP contribution >= 0.6 is 0 Å². The number of ether oxygens (including phenoxy) is 1. The number of nitrogens with one attached hydrogen (secondary N) is 2. The molecule has 1 heterocycles. The number of hydrogen-bond acceptors (Lipinski definition) is 5. The van der Waals surface area contributed by atoms with Gasteiger partial charge in [0, 0.05) is 24.5 Å². The molecule has 2 aliphatic rings. The van der Waals surface area contributed by atoms with E-state index in [1.165, 1.54) is 52.9 Å². The van der Waals surface area contributed by atoms with Crippen molar-refractivity contribution in [3.05, 3.63) is 76.6 Å². The lowest BCUT2D eigenvalue weighted by molar-refractivity contribution is -0.132. The molecule has 1 aliphatic carbocycles. The average molecular weight is 460 g/mol. The van der Waals surface area contributed by atoms with Gasteiger partial charge in [-0.25, -0.2) is 4.79 Å². The van der Waals surface area contributed by atoms with Crippen LogP contribution in [0.1, 0.15) is 42.5 Å². The maximum Gasteiger partial charge on any atom is 0.337 e. The van der Waals surface area contributed by atoms with Gasteiger partial charge in [0.15, 0.2) is 0 Å². The van der Waals surface area contributed by atoms with Crippen molar-refractivity contribution < 1.29 is 14.6 Å². The number of rotatable bonds is 10. The van der Waals surface area contributed by atoms with Gasteiger partial charge in [-0.3, -0.25) is 4.99 Å². The fraction of sp³-hybridized carbons (Fsp3) is 0.357. The highest BCUT2D eigenvalue weighted by molar-refractivity contribution is 5.90. The summed E-state index contributed by atoms with van der Waals surface area (Å²) in [6, 6.07) is 13.1. The molecule has 0 amide bonds. The van der Waals surface area contributed by atoms with E-state index in [0.717, 1.165) is 31.2 Å². The first-order valence-corrected chi connectivity index (χ1v) is 11.9. The quantitative estimate of drug-likeness (QED) is 0.270. The zero-order chi connectivity index (χ0) is 24.1. The van der Waals surface area contributed by atoms with Gasteiger partial charge in [0.1, 0.15) is 5.75 Å². The summed E-state index contributed by atoms with van der Waals surface area (Å²) in [5.74, 6) is 0.697. The highest BCUT2D eigenvalue weighted by atomic mass is 16.5. The van der Waals surface area contributed by atoms with E-state index in [2.05, 4.69) is 65.7 Å². The topological polar surface area (TPSA) is 83.0 Å². The first-order valence-electron chi connectivity index (χ1n) is 11.9. The molecule has 0 bridgehead atoms. The minimum atomic E-state index is -0.995. The zero-order valence-electron chi connectivity index (χ0n) is 19.9. The van der Waals surface area contributed by atoms with Crippen molar-refractivity contribution in [2.24, 2.45) is 10.9 Å². The highest BCUT2D eigenvalue weighted by Gasteiger charge is 2.23. The summed E-state index contributed by atoms with van der Waals surface area (Å²) in [7, 11) is 0. The summed E-state index contributed by atoms with van der Waals surface area (Å²) in [4.78, 5) is 15.2. The molecular weight excluding hydrogens is 426 g/mol. The first kappa shape index (κ1) is 23.8. The maximum atomic E-state index is 11.6.